The van der Waals surface area contributed by atoms with Crippen LogP contribution in [0.4, 0.5) is 0 Å². The van der Waals surface area contributed by atoms with Crippen LogP contribution < -0.4 is 0 Å². The van der Waals surface area contributed by atoms with Crippen LogP contribution in [0.3, 0.4) is 0 Å². The van der Waals surface area contributed by atoms with Crippen molar-refractivity contribution in [2.45, 2.75) is 6.10 Å². The van der Waals surface area contributed by atoms with Gasteiger partial charge in [-0.05, 0) is 6.08 Å². The lowest BCUT2D eigenvalue weighted by Crippen LogP contribution is -2.35. The molecule has 0 radical (unpaired) electrons. The molecule has 88 valence electrons. The zero-order valence-corrected chi connectivity index (χ0v) is 9.54. The van der Waals surface area contributed by atoms with Gasteiger partial charge in [-0.2, -0.15) is 0 Å². The SMILES string of the molecule is O=C1C(Cl)=C(Cl)C(=O)C2=C1C(=O)C(O)C=C2O. The van der Waals surface area contributed by atoms with Crippen LogP contribution in [-0.4, -0.2) is 33.7 Å². The summed E-state index contributed by atoms with van der Waals surface area (Å²) in [6.45, 7) is 0. The van der Waals surface area contributed by atoms with Gasteiger partial charge >= 0.3 is 0 Å². The number of ketones is 3. The normalized spacial score (nSPS) is 25.2. The summed E-state index contributed by atoms with van der Waals surface area (Å²) in [6.07, 6.45) is -0.915. The van der Waals surface area contributed by atoms with Crippen molar-refractivity contribution in [2.75, 3.05) is 0 Å². The second-order valence-electron chi connectivity index (χ2n) is 3.40. The zero-order valence-electron chi connectivity index (χ0n) is 8.03. The largest absolute Gasteiger partial charge is 0.507 e. The number of allylic oxidation sites excluding steroid dienone is 3. The van der Waals surface area contributed by atoms with Crippen LogP contribution in [0.5, 0.6) is 0 Å². The van der Waals surface area contributed by atoms with Crippen LogP contribution in [0.25, 0.3) is 0 Å². The Bertz CT molecular complexity index is 567. The summed E-state index contributed by atoms with van der Waals surface area (Å²) in [7, 11) is 0. The standard InChI is InChI=1S/C10H4Cl2O5/c11-6-7(12)10(17)5-4(9(6)16)2(13)1-3(14)8(5)15/h1,3,13-14H. The summed E-state index contributed by atoms with van der Waals surface area (Å²) in [5, 5.41) is 17.6. The van der Waals surface area contributed by atoms with E-state index in [1.807, 2.05) is 0 Å². The highest BCUT2D eigenvalue weighted by Crippen LogP contribution is 2.35. The molecule has 0 spiro atoms. The van der Waals surface area contributed by atoms with Crippen LogP contribution in [-0.2, 0) is 14.4 Å². The fourth-order valence-electron chi connectivity index (χ4n) is 1.58. The minimum absolute atomic E-state index is 0.514. The second kappa shape index (κ2) is 3.80. The molecular weight excluding hydrogens is 271 g/mol. The van der Waals surface area contributed by atoms with Gasteiger partial charge in [0.15, 0.2) is 5.78 Å². The van der Waals surface area contributed by atoms with Crippen molar-refractivity contribution in [3.63, 3.8) is 0 Å². The lowest BCUT2D eigenvalue weighted by molar-refractivity contribution is -0.125. The summed E-state index contributed by atoms with van der Waals surface area (Å²) in [6, 6.07) is 0. The molecule has 0 aromatic carbocycles. The molecule has 17 heavy (non-hydrogen) atoms. The van der Waals surface area contributed by atoms with Gasteiger partial charge in [0.05, 0.1) is 11.1 Å². The predicted molar refractivity (Wildman–Crippen MR) is 57.5 cm³/mol. The number of aliphatic hydroxyl groups is 2. The van der Waals surface area contributed by atoms with Crippen LogP contribution in [0.15, 0.2) is 33.0 Å². The van der Waals surface area contributed by atoms with Gasteiger partial charge in [-0.3, -0.25) is 14.4 Å². The van der Waals surface area contributed by atoms with Gasteiger partial charge in [-0.15, -0.1) is 0 Å². The maximum absolute atomic E-state index is 11.7. The van der Waals surface area contributed by atoms with Gasteiger partial charge in [0.25, 0.3) is 0 Å². The van der Waals surface area contributed by atoms with Gasteiger partial charge in [-0.1, -0.05) is 23.2 Å². The first-order valence-corrected chi connectivity index (χ1v) is 5.14. The molecule has 0 aromatic rings. The van der Waals surface area contributed by atoms with E-state index in [1.54, 1.807) is 0 Å². The van der Waals surface area contributed by atoms with Crippen molar-refractivity contribution in [1.29, 1.82) is 0 Å². The van der Waals surface area contributed by atoms with Gasteiger partial charge < -0.3 is 10.2 Å². The number of aliphatic hydroxyl groups excluding tert-OH is 2. The number of carbonyl (C=O) groups is 3. The molecule has 5 nitrogen and oxygen atoms in total. The van der Waals surface area contributed by atoms with Crippen molar-refractivity contribution in [3.8, 4) is 0 Å². The molecule has 7 heteroatoms. The molecule has 0 fully saturated rings. The van der Waals surface area contributed by atoms with Crippen LogP contribution >= 0.6 is 23.2 Å². The number of hydrogen-bond acceptors (Lipinski definition) is 5. The lowest BCUT2D eigenvalue weighted by atomic mass is 9.84. The minimum atomic E-state index is -1.67. The Kier molecular flexibility index (Phi) is 2.69. The van der Waals surface area contributed by atoms with E-state index in [-0.39, 0.29) is 0 Å². The fraction of sp³-hybridized carbons (Fsp3) is 0.100. The number of carbonyl (C=O) groups excluding carboxylic acids is 3. The molecule has 0 heterocycles. The van der Waals surface area contributed by atoms with Crippen molar-refractivity contribution >= 4 is 40.6 Å². The lowest BCUT2D eigenvalue weighted by Gasteiger charge is -2.22. The Morgan fingerprint density at radius 3 is 2.00 bits per heavy atom. The number of halogens is 2. The Labute approximate surface area is 105 Å². The summed E-state index contributed by atoms with van der Waals surface area (Å²) in [5.74, 6) is -3.54. The van der Waals surface area contributed by atoms with E-state index in [0.717, 1.165) is 6.08 Å². The molecule has 2 aliphatic carbocycles. The topological polar surface area (TPSA) is 91.7 Å². The smallest absolute Gasteiger partial charge is 0.210 e. The summed E-state index contributed by atoms with van der Waals surface area (Å²) in [4.78, 5) is 34.9. The van der Waals surface area contributed by atoms with E-state index in [0.29, 0.717) is 0 Å². The summed E-state index contributed by atoms with van der Waals surface area (Å²) in [5.41, 5.74) is -1.14. The highest BCUT2D eigenvalue weighted by molar-refractivity contribution is 6.61. The molecule has 2 N–H and O–H groups in total. The second-order valence-corrected chi connectivity index (χ2v) is 4.15. The maximum atomic E-state index is 11.7. The van der Waals surface area contributed by atoms with E-state index in [2.05, 4.69) is 0 Å². The molecule has 2 rings (SSSR count). The zero-order chi connectivity index (χ0) is 12.9. The van der Waals surface area contributed by atoms with Gasteiger partial charge in [0, 0.05) is 0 Å². The number of rotatable bonds is 0. The third-order valence-corrected chi connectivity index (χ3v) is 3.20. The Morgan fingerprint density at radius 2 is 1.47 bits per heavy atom. The first-order valence-electron chi connectivity index (χ1n) is 4.38. The first kappa shape index (κ1) is 12.0. The molecule has 0 aromatic heterocycles. The maximum Gasteiger partial charge on any atom is 0.210 e. The average molecular weight is 275 g/mol. The van der Waals surface area contributed by atoms with E-state index >= 15 is 0 Å². The molecule has 0 saturated carbocycles. The van der Waals surface area contributed by atoms with E-state index in [1.165, 1.54) is 0 Å². The quantitative estimate of drug-likeness (QED) is 0.496. The van der Waals surface area contributed by atoms with E-state index in [4.69, 9.17) is 23.2 Å². The molecule has 2 aliphatic rings. The molecule has 1 atom stereocenters. The Morgan fingerprint density at radius 1 is 1.00 bits per heavy atom. The van der Waals surface area contributed by atoms with Crippen LogP contribution in [0.2, 0.25) is 0 Å². The highest BCUT2D eigenvalue weighted by Gasteiger charge is 2.42. The van der Waals surface area contributed by atoms with Gasteiger partial charge in [0.1, 0.15) is 21.9 Å². The molecule has 0 saturated heterocycles. The minimum Gasteiger partial charge on any atom is -0.507 e. The summed E-state index contributed by atoms with van der Waals surface area (Å²) >= 11 is 11.0. The molecule has 0 bridgehead atoms. The highest BCUT2D eigenvalue weighted by atomic mass is 35.5. The van der Waals surface area contributed by atoms with Gasteiger partial charge in [-0.25, -0.2) is 0 Å². The summed E-state index contributed by atoms with van der Waals surface area (Å²) < 4.78 is 0. The van der Waals surface area contributed by atoms with Crippen LogP contribution in [0.1, 0.15) is 0 Å². The molecule has 0 amide bonds. The Balaban J connectivity index is 2.71. The van der Waals surface area contributed by atoms with Crippen molar-refractivity contribution < 1.29 is 24.6 Å². The van der Waals surface area contributed by atoms with E-state index < -0.39 is 50.4 Å². The van der Waals surface area contributed by atoms with Crippen LogP contribution in [0, 0.1) is 0 Å². The average Bonchev–Trinajstić information content (AvgIpc) is 2.28. The van der Waals surface area contributed by atoms with Crippen molar-refractivity contribution in [1.82, 2.24) is 0 Å². The van der Waals surface area contributed by atoms with Crippen molar-refractivity contribution in [2.24, 2.45) is 0 Å². The van der Waals surface area contributed by atoms with E-state index in [9.17, 15) is 24.6 Å². The first-order chi connectivity index (χ1) is 7.86. The fourth-order valence-corrected chi connectivity index (χ4v) is 1.94. The molecule has 1 unspecified atom stereocenters. The number of hydrogen-bond donors (Lipinski definition) is 2. The monoisotopic (exact) mass is 274 g/mol. The third-order valence-electron chi connectivity index (χ3n) is 2.38. The van der Waals surface area contributed by atoms with Crippen molar-refractivity contribution in [3.05, 3.63) is 33.0 Å². The molecule has 0 aliphatic heterocycles. The Hall–Kier alpha value is -1.43. The van der Waals surface area contributed by atoms with Gasteiger partial charge in [0.2, 0.25) is 11.6 Å². The molecular formula is C10H4Cl2O5. The predicted octanol–water partition coefficient (Wildman–Crippen LogP) is 0.509. The number of Topliss-reactive ketones (excluding diaryl/α,β-unsaturated/α-hetero) is 3. The third kappa shape index (κ3) is 1.55.